The van der Waals surface area contributed by atoms with E-state index < -0.39 is 10.3 Å². The van der Waals surface area contributed by atoms with Crippen molar-refractivity contribution in [1.29, 1.82) is 5.26 Å². The smallest absolute Gasteiger partial charge is 0.258 e. The highest BCUT2D eigenvalue weighted by molar-refractivity contribution is 8.29. The van der Waals surface area contributed by atoms with Crippen molar-refractivity contribution in [1.82, 2.24) is 20.4 Å². The van der Waals surface area contributed by atoms with E-state index >= 15 is 0 Å². The van der Waals surface area contributed by atoms with E-state index in [1.165, 1.54) is 11.1 Å². The molecule has 0 bridgehead atoms. The zero-order chi connectivity index (χ0) is 31.4. The molecule has 0 spiro atoms. The van der Waals surface area contributed by atoms with Gasteiger partial charge in [0.25, 0.3) is 5.89 Å². The zero-order valence-corrected chi connectivity index (χ0v) is 27.5. The van der Waals surface area contributed by atoms with Gasteiger partial charge in [-0.15, -0.1) is 10.3 Å². The second-order valence-electron chi connectivity index (χ2n) is 12.8. The van der Waals surface area contributed by atoms with E-state index in [0.29, 0.717) is 41.7 Å². The van der Waals surface area contributed by atoms with Crippen molar-refractivity contribution in [2.24, 2.45) is 0 Å². The zero-order valence-electron chi connectivity index (χ0n) is 26.7. The molecule has 0 saturated carbocycles. The van der Waals surface area contributed by atoms with Gasteiger partial charge in [0.05, 0.1) is 30.9 Å². The number of nitrogens with zero attached hydrogens (tertiary/aromatic N) is 4. The van der Waals surface area contributed by atoms with E-state index in [9.17, 15) is 10.1 Å². The summed E-state index contributed by atoms with van der Waals surface area (Å²) >= 11 is 0. The molecular weight excluding hydrogens is 562 g/mol. The number of nitriles is 1. The molecule has 0 unspecified atom stereocenters. The summed E-state index contributed by atoms with van der Waals surface area (Å²) in [5, 5.41) is 16.9. The molecule has 1 aromatic heterocycles. The van der Waals surface area contributed by atoms with Gasteiger partial charge in [-0.3, -0.25) is 9.69 Å². The van der Waals surface area contributed by atoms with Gasteiger partial charge in [-0.25, -0.2) is 0 Å². The minimum Gasteiger partial charge on any atom is -0.490 e. The summed E-state index contributed by atoms with van der Waals surface area (Å²) in [5.74, 6) is 1.39. The summed E-state index contributed by atoms with van der Waals surface area (Å²) in [6.07, 6.45) is 6.00. The van der Waals surface area contributed by atoms with Gasteiger partial charge in [-0.1, -0.05) is 38.1 Å². The Morgan fingerprint density at radius 1 is 1.09 bits per heavy atom. The first kappa shape index (κ1) is 32.5. The number of amides is 1. The molecule has 2 aromatic carbocycles. The third-order valence-corrected chi connectivity index (χ3v) is 11.5. The molecule has 1 atom stereocenters. The second-order valence-corrected chi connectivity index (χ2v) is 16.7. The quantitative estimate of drug-likeness (QED) is 0.309. The maximum atomic E-state index is 12.8. The summed E-state index contributed by atoms with van der Waals surface area (Å²) in [6.45, 7) is 14.9. The predicted molar refractivity (Wildman–Crippen MR) is 172 cm³/mol. The van der Waals surface area contributed by atoms with E-state index in [1.807, 2.05) is 32.9 Å². The monoisotopic (exact) mass is 607 g/mol. The fourth-order valence-corrected chi connectivity index (χ4v) is 5.55. The van der Waals surface area contributed by atoms with Crippen LogP contribution < -0.4 is 10.1 Å². The molecule has 2 heterocycles. The van der Waals surface area contributed by atoms with Gasteiger partial charge in [-0.2, -0.15) is 10.2 Å². The van der Waals surface area contributed by atoms with Gasteiger partial charge in [-0.05, 0) is 81.5 Å². The van der Waals surface area contributed by atoms with E-state index in [-0.39, 0.29) is 22.8 Å². The van der Waals surface area contributed by atoms with Crippen LogP contribution in [-0.4, -0.2) is 76.6 Å². The number of hydrogen-bond acceptors (Lipinski definition) is 8. The lowest BCUT2D eigenvalue weighted by atomic mass is 10.00. The first-order valence-corrected chi connectivity index (χ1v) is 17.2. The summed E-state index contributed by atoms with van der Waals surface area (Å²) in [5.41, 5.74) is 4.44. The van der Waals surface area contributed by atoms with Gasteiger partial charge in [0.2, 0.25) is 11.7 Å². The highest BCUT2D eigenvalue weighted by atomic mass is 32.3. The van der Waals surface area contributed by atoms with Gasteiger partial charge in [0.1, 0.15) is 11.8 Å². The van der Waals surface area contributed by atoms with Crippen molar-refractivity contribution in [3.63, 3.8) is 0 Å². The van der Waals surface area contributed by atoms with Crippen LogP contribution in [0.5, 0.6) is 5.75 Å². The Labute approximate surface area is 257 Å². The van der Waals surface area contributed by atoms with Crippen LogP contribution in [0, 0.1) is 11.3 Å². The van der Waals surface area contributed by atoms with Crippen LogP contribution in [0.15, 0.2) is 40.9 Å². The molecule has 1 N–H and O–H groups in total. The lowest BCUT2D eigenvalue weighted by Gasteiger charge is -2.44. The molecule has 0 saturated heterocycles. The van der Waals surface area contributed by atoms with Crippen LogP contribution in [0.2, 0.25) is 0 Å². The fraction of sp³-hybridized carbons (Fsp3) is 0.515. The van der Waals surface area contributed by atoms with E-state index in [2.05, 4.69) is 71.8 Å². The number of hydrogen-bond donors (Lipinski definition) is 1. The summed E-state index contributed by atoms with van der Waals surface area (Å²) in [6, 6.07) is 13.7. The number of ether oxygens (including phenoxy) is 1. The largest absolute Gasteiger partial charge is 0.490 e. The Hall–Kier alpha value is -3.39. The van der Waals surface area contributed by atoms with E-state index in [1.54, 1.807) is 12.1 Å². The molecule has 0 radical (unpaired) electrons. The van der Waals surface area contributed by atoms with Gasteiger partial charge in [0.15, 0.2) is 0 Å². The van der Waals surface area contributed by atoms with Crippen molar-refractivity contribution in [2.75, 3.05) is 38.8 Å². The van der Waals surface area contributed by atoms with Gasteiger partial charge >= 0.3 is 0 Å². The predicted octanol–water partition coefficient (Wildman–Crippen LogP) is 5.76. The molecule has 1 aliphatic rings. The number of carbonyl (C=O) groups excluding carboxylic acids is 1. The van der Waals surface area contributed by atoms with Crippen molar-refractivity contribution in [3.05, 3.63) is 53.1 Å². The molecule has 43 heavy (non-hydrogen) atoms. The average Bonchev–Trinajstić information content (AvgIpc) is 3.35. The summed E-state index contributed by atoms with van der Waals surface area (Å²) in [4.78, 5) is 19.7. The van der Waals surface area contributed by atoms with Crippen molar-refractivity contribution in [3.8, 4) is 34.7 Å². The summed E-state index contributed by atoms with van der Waals surface area (Å²) in [7, 11) is -1.23. The minimum atomic E-state index is -1.23. The lowest BCUT2D eigenvalue weighted by molar-refractivity contribution is -0.123. The Bertz CT molecular complexity index is 1470. The number of benzene rings is 2. The molecular formula is C33H45N5O4S. The van der Waals surface area contributed by atoms with Crippen molar-refractivity contribution >= 4 is 16.2 Å². The maximum absolute atomic E-state index is 12.8. The molecule has 4 rings (SSSR count). The number of carbonyl (C=O) groups is 1. The Morgan fingerprint density at radius 2 is 1.79 bits per heavy atom. The van der Waals surface area contributed by atoms with Crippen molar-refractivity contribution < 1.29 is 18.2 Å². The molecule has 10 heteroatoms. The number of aromatic nitrogens is 2. The molecule has 1 amide bonds. The molecule has 9 nitrogen and oxygen atoms in total. The third-order valence-electron chi connectivity index (χ3n) is 7.86. The van der Waals surface area contributed by atoms with Crippen molar-refractivity contribution in [2.45, 2.75) is 71.3 Å². The first-order valence-electron chi connectivity index (χ1n) is 14.8. The molecule has 0 aliphatic carbocycles. The SMILES string of the molecule is CC(C)Oc1ccc(-c2nc(-c3ccc4c(c3)CCN(CC(=O)N[C@@H](C)COS(C)(C)C(C)(C)C)CC4)no2)cc1C#N. The molecule has 1 aliphatic heterocycles. The Morgan fingerprint density at radius 3 is 2.47 bits per heavy atom. The third kappa shape index (κ3) is 8.37. The van der Waals surface area contributed by atoms with E-state index in [0.717, 1.165) is 31.5 Å². The number of rotatable bonds is 10. The Balaban J connectivity index is 1.35. The number of nitrogens with one attached hydrogen (secondary N) is 1. The minimum absolute atomic E-state index is 0.0222. The first-order chi connectivity index (χ1) is 20.3. The van der Waals surface area contributed by atoms with Crippen LogP contribution in [0.3, 0.4) is 0 Å². The summed E-state index contributed by atoms with van der Waals surface area (Å²) < 4.78 is 17.6. The normalized spacial score (nSPS) is 15.3. The van der Waals surface area contributed by atoms with Crippen LogP contribution >= 0.6 is 10.3 Å². The highest BCUT2D eigenvalue weighted by Gasteiger charge is 2.29. The molecule has 3 aromatic rings. The maximum Gasteiger partial charge on any atom is 0.258 e. The Kier molecular flexibility index (Phi) is 10.2. The topological polar surface area (TPSA) is 114 Å². The number of fused-ring (bicyclic) bond motifs is 1. The highest BCUT2D eigenvalue weighted by Crippen LogP contribution is 2.53. The standard InChI is InChI=1S/C33H45N5O4S/c1-22(2)41-29-12-11-27(18-28(29)19-34)32-36-31(37-42-32)26-10-9-24-13-15-38(16-14-25(24)17-26)20-30(39)35-23(3)21-40-43(7,8)33(4,5)6/h9-12,17-18,22-23H,13-16,20-21H2,1-8H3,(H,35,39)/t23-/m0/s1. The lowest BCUT2D eigenvalue weighted by Crippen LogP contribution is -2.43. The van der Waals surface area contributed by atoms with E-state index in [4.69, 9.17) is 13.4 Å². The molecule has 232 valence electrons. The molecule has 0 fully saturated rings. The van der Waals surface area contributed by atoms with Gasteiger partial charge in [0, 0.05) is 29.0 Å². The van der Waals surface area contributed by atoms with Crippen LogP contribution in [-0.2, 0) is 21.8 Å². The van der Waals surface area contributed by atoms with Gasteiger partial charge < -0.3 is 18.8 Å². The van der Waals surface area contributed by atoms with Crippen LogP contribution in [0.1, 0.15) is 58.2 Å². The average molecular weight is 608 g/mol. The second kappa shape index (κ2) is 13.5. The van der Waals surface area contributed by atoms with Crippen LogP contribution in [0.4, 0.5) is 0 Å². The fourth-order valence-electron chi connectivity index (χ4n) is 4.65. The van der Waals surface area contributed by atoms with Crippen LogP contribution in [0.25, 0.3) is 22.8 Å².